The molecule has 2 amide bonds. The van der Waals surface area contributed by atoms with Gasteiger partial charge in [0.15, 0.2) is 0 Å². The summed E-state index contributed by atoms with van der Waals surface area (Å²) in [5.74, 6) is 1.59. The summed E-state index contributed by atoms with van der Waals surface area (Å²) in [5, 5.41) is 5.50. The molecule has 0 aliphatic carbocycles. The smallest absolute Gasteiger partial charge is 0.492 e. The SMILES string of the molecule is CC(C)(C)OC(=O)NC[C@H]1OB2OCCOc3ccc(I)c1c32.CC(C)(C)OC(=O)NC[C@H]1OB2OCCOc3cccc1c32. The highest BCUT2D eigenvalue weighted by Crippen LogP contribution is 2.33. The number of nitrogens with one attached hydrogen (secondary N) is 2. The summed E-state index contributed by atoms with van der Waals surface area (Å²) in [6.07, 6.45) is -1.46. The van der Waals surface area contributed by atoms with Gasteiger partial charge in [-0.05, 0) is 93.5 Å². The Morgan fingerprint density at radius 3 is 1.91 bits per heavy atom. The van der Waals surface area contributed by atoms with Crippen LogP contribution in [0.15, 0.2) is 30.3 Å². The highest BCUT2D eigenvalue weighted by atomic mass is 127. The number of hydrogen-bond donors (Lipinski definition) is 2. The third-order valence-electron chi connectivity index (χ3n) is 6.89. The van der Waals surface area contributed by atoms with Gasteiger partial charge in [0.05, 0.1) is 25.4 Å². The molecule has 0 unspecified atom stereocenters. The predicted molar refractivity (Wildman–Crippen MR) is 175 cm³/mol. The van der Waals surface area contributed by atoms with E-state index < -0.39 is 37.6 Å². The molecule has 2 aromatic rings. The third-order valence-corrected chi connectivity index (χ3v) is 7.83. The third kappa shape index (κ3) is 8.56. The number of halogens is 1. The number of rotatable bonds is 4. The van der Waals surface area contributed by atoms with Crippen molar-refractivity contribution in [2.24, 2.45) is 0 Å². The molecule has 0 radical (unpaired) electrons. The van der Waals surface area contributed by atoms with Gasteiger partial charge in [-0.2, -0.15) is 0 Å². The van der Waals surface area contributed by atoms with Crippen molar-refractivity contribution in [3.8, 4) is 11.5 Å². The van der Waals surface area contributed by atoms with E-state index >= 15 is 0 Å². The van der Waals surface area contributed by atoms with Crippen LogP contribution in [-0.4, -0.2) is 77.1 Å². The maximum absolute atomic E-state index is 11.9. The van der Waals surface area contributed by atoms with Crippen LogP contribution in [0.25, 0.3) is 0 Å². The van der Waals surface area contributed by atoms with Gasteiger partial charge < -0.3 is 48.2 Å². The molecular weight excluding hydrogens is 697 g/mol. The zero-order valence-corrected chi connectivity index (χ0v) is 28.6. The number of alkyl carbamates (subject to hydrolysis) is 2. The van der Waals surface area contributed by atoms with Crippen LogP contribution in [0.4, 0.5) is 9.59 Å². The monoisotopic (exact) mass is 736 g/mol. The Morgan fingerprint density at radius 2 is 1.31 bits per heavy atom. The number of amides is 2. The minimum atomic E-state index is -0.527. The quantitative estimate of drug-likeness (QED) is 0.356. The fourth-order valence-corrected chi connectivity index (χ4v) is 6.05. The number of hydrogen-bond acceptors (Lipinski definition) is 10. The standard InChI is InChI=1S/C15H19BINO5.C15H20BNO5/c1-15(2,3)22-14(19)18-8-11-12-9(17)4-5-10-13(12)16(23-11)21-7-6-20-10;1-15(2,3)21-14(18)17-9-12-10-5-4-6-11-13(10)16(22-12)20-8-7-19-11/h4-5,11H,6-8H2,1-3H3,(H,18,19);4-6,12H,7-9H2,1-3H3,(H,17,18)/t11-;12-/m11/s1. The fraction of sp³-hybridized carbons (Fsp3) is 0.533. The fourth-order valence-electron chi connectivity index (χ4n) is 5.23. The molecule has 0 bridgehead atoms. The van der Waals surface area contributed by atoms with E-state index in [1.54, 1.807) is 0 Å². The van der Waals surface area contributed by atoms with Crippen molar-refractivity contribution in [3.63, 3.8) is 0 Å². The van der Waals surface area contributed by atoms with E-state index in [-0.39, 0.29) is 12.2 Å². The summed E-state index contributed by atoms with van der Waals surface area (Å²) in [7, 11) is -0.873. The number of carbonyl (C=O) groups is 2. The van der Waals surface area contributed by atoms with Crippen LogP contribution in [0.1, 0.15) is 64.9 Å². The van der Waals surface area contributed by atoms with Gasteiger partial charge in [-0.1, -0.05) is 12.1 Å². The molecule has 4 aliphatic rings. The summed E-state index contributed by atoms with van der Waals surface area (Å²) in [4.78, 5) is 23.6. The minimum Gasteiger partial charge on any atom is -0.492 e. The summed E-state index contributed by atoms with van der Waals surface area (Å²) in [5.41, 5.74) is 2.82. The lowest BCUT2D eigenvalue weighted by Gasteiger charge is -2.21. The average molecular weight is 736 g/mol. The zero-order chi connectivity index (χ0) is 32.4. The minimum absolute atomic E-state index is 0.269. The van der Waals surface area contributed by atoms with E-state index in [1.807, 2.05) is 71.9 Å². The van der Waals surface area contributed by atoms with Crippen LogP contribution in [0.5, 0.6) is 11.5 Å². The maximum Gasteiger partial charge on any atom is 0.498 e. The molecule has 45 heavy (non-hydrogen) atoms. The van der Waals surface area contributed by atoms with Crippen molar-refractivity contribution < 1.29 is 47.2 Å². The van der Waals surface area contributed by atoms with E-state index in [0.717, 1.165) is 37.1 Å². The van der Waals surface area contributed by atoms with Gasteiger partial charge in [0.25, 0.3) is 0 Å². The molecule has 12 nitrogen and oxygen atoms in total. The predicted octanol–water partition coefficient (Wildman–Crippen LogP) is 3.38. The van der Waals surface area contributed by atoms with Crippen LogP contribution < -0.4 is 31.0 Å². The van der Waals surface area contributed by atoms with Gasteiger partial charge in [-0.15, -0.1) is 0 Å². The van der Waals surface area contributed by atoms with Crippen LogP contribution in [-0.2, 0) is 28.1 Å². The number of benzene rings is 2. The Morgan fingerprint density at radius 1 is 0.778 bits per heavy atom. The lowest BCUT2D eigenvalue weighted by Crippen LogP contribution is -2.35. The molecule has 2 aromatic carbocycles. The molecule has 0 saturated carbocycles. The molecule has 15 heteroatoms. The van der Waals surface area contributed by atoms with Gasteiger partial charge in [-0.25, -0.2) is 9.59 Å². The second-order valence-corrected chi connectivity index (χ2v) is 13.9. The second kappa shape index (κ2) is 14.0. The zero-order valence-electron chi connectivity index (χ0n) is 26.4. The highest BCUT2D eigenvalue weighted by molar-refractivity contribution is 14.1. The van der Waals surface area contributed by atoms with Crippen LogP contribution in [0.3, 0.4) is 0 Å². The molecule has 6 rings (SSSR count). The molecule has 2 N–H and O–H groups in total. The van der Waals surface area contributed by atoms with Crippen molar-refractivity contribution in [2.45, 2.75) is 65.0 Å². The molecule has 0 fully saturated rings. The Balaban J connectivity index is 0.000000178. The van der Waals surface area contributed by atoms with E-state index in [0.29, 0.717) is 39.5 Å². The second-order valence-electron chi connectivity index (χ2n) is 12.7. The van der Waals surface area contributed by atoms with Gasteiger partial charge in [-0.3, -0.25) is 0 Å². The van der Waals surface area contributed by atoms with Crippen molar-refractivity contribution in [3.05, 3.63) is 45.0 Å². The molecule has 0 spiro atoms. The van der Waals surface area contributed by atoms with Crippen LogP contribution in [0.2, 0.25) is 0 Å². The van der Waals surface area contributed by atoms with E-state index in [9.17, 15) is 9.59 Å². The lowest BCUT2D eigenvalue weighted by atomic mass is 9.78. The van der Waals surface area contributed by atoms with Gasteiger partial charge in [0.2, 0.25) is 0 Å². The topological polar surface area (TPSA) is 132 Å². The van der Waals surface area contributed by atoms with Crippen molar-refractivity contribution in [2.75, 3.05) is 39.5 Å². The van der Waals surface area contributed by atoms with Gasteiger partial charge in [0.1, 0.15) is 35.9 Å². The Hall–Kier alpha value is -2.72. The number of carbonyl (C=O) groups excluding carboxylic acids is 2. The first-order valence-corrected chi connectivity index (χ1v) is 16.1. The van der Waals surface area contributed by atoms with Crippen LogP contribution >= 0.6 is 22.6 Å². The highest BCUT2D eigenvalue weighted by Gasteiger charge is 2.43. The van der Waals surface area contributed by atoms with Gasteiger partial charge >= 0.3 is 26.4 Å². The largest absolute Gasteiger partial charge is 0.498 e. The molecule has 4 heterocycles. The summed E-state index contributed by atoms with van der Waals surface area (Å²) in [6, 6.07) is 9.74. The first-order valence-electron chi connectivity index (χ1n) is 15.0. The summed E-state index contributed by atoms with van der Waals surface area (Å²) in [6.45, 7) is 13.6. The average Bonchev–Trinajstić information content (AvgIpc) is 3.33. The van der Waals surface area contributed by atoms with Crippen molar-refractivity contribution in [1.29, 1.82) is 0 Å². The van der Waals surface area contributed by atoms with Crippen LogP contribution in [0, 0.1) is 3.57 Å². The molecule has 0 aromatic heterocycles. The first-order chi connectivity index (χ1) is 21.3. The van der Waals surface area contributed by atoms with E-state index in [4.69, 9.17) is 37.6 Å². The number of ether oxygens (including phenoxy) is 4. The Bertz CT molecular complexity index is 1400. The summed E-state index contributed by atoms with van der Waals surface area (Å²) >= 11 is 2.27. The Kier molecular flexibility index (Phi) is 10.4. The van der Waals surface area contributed by atoms with Crippen molar-refractivity contribution in [1.82, 2.24) is 10.6 Å². The molecule has 2 atom stereocenters. The first kappa shape index (κ1) is 33.6. The summed E-state index contributed by atoms with van der Waals surface area (Å²) < 4.78 is 46.2. The van der Waals surface area contributed by atoms with E-state index in [2.05, 4.69) is 33.2 Å². The molecule has 242 valence electrons. The van der Waals surface area contributed by atoms with Gasteiger partial charge in [0, 0.05) is 27.6 Å². The lowest BCUT2D eigenvalue weighted by molar-refractivity contribution is 0.0485. The maximum atomic E-state index is 11.9. The van der Waals surface area contributed by atoms with E-state index in [1.165, 1.54) is 0 Å². The molecular formula is C30H39B2IN2O10. The molecule has 4 aliphatic heterocycles. The Labute approximate surface area is 277 Å². The normalized spacial score (nSPS) is 19.8. The van der Waals surface area contributed by atoms with Crippen molar-refractivity contribution >= 4 is 59.9 Å². The molecule has 0 saturated heterocycles.